The lowest BCUT2D eigenvalue weighted by molar-refractivity contribution is -0.0584. The van der Waals surface area contributed by atoms with Crippen LogP contribution in [0.15, 0.2) is 4.99 Å². The molecule has 3 heterocycles. The number of guanidine groups is 1. The summed E-state index contributed by atoms with van der Waals surface area (Å²) in [6, 6.07) is -0.803. The Morgan fingerprint density at radius 1 is 1.09 bits per heavy atom. The topological polar surface area (TPSA) is 159 Å². The molecule has 0 aliphatic carbocycles. The van der Waals surface area contributed by atoms with Crippen LogP contribution in [0.4, 0.5) is 14.4 Å². The van der Waals surface area contributed by atoms with Gasteiger partial charge in [-0.1, -0.05) is 11.3 Å². The lowest BCUT2D eigenvalue weighted by Gasteiger charge is -2.28. The van der Waals surface area contributed by atoms with E-state index in [1.807, 2.05) is 0 Å². The van der Waals surface area contributed by atoms with Crippen LogP contribution in [0, 0.1) is 0 Å². The third kappa shape index (κ3) is 7.49. The number of aromatic nitrogens is 2. The van der Waals surface area contributed by atoms with E-state index in [1.165, 1.54) is 11.3 Å². The van der Waals surface area contributed by atoms with Gasteiger partial charge >= 0.3 is 18.2 Å². The Kier molecular flexibility index (Phi) is 7.84. The Hall–Kier alpha value is -3.00. The summed E-state index contributed by atoms with van der Waals surface area (Å²) < 4.78 is 10.5. The van der Waals surface area contributed by atoms with E-state index in [2.05, 4.69) is 25.8 Å². The number of alkyl carbamates (subject to hydrolysis) is 2. The maximum Gasteiger partial charge on any atom is 0.414 e. The van der Waals surface area contributed by atoms with Crippen LogP contribution in [0.3, 0.4) is 0 Å². The van der Waals surface area contributed by atoms with Crippen LogP contribution in [0.5, 0.6) is 0 Å². The molecule has 2 atom stereocenters. The lowest BCUT2D eigenvalue weighted by atomic mass is 10.0. The van der Waals surface area contributed by atoms with Gasteiger partial charge in [-0.25, -0.2) is 19.4 Å². The van der Waals surface area contributed by atoms with Crippen molar-refractivity contribution in [3.63, 3.8) is 0 Å². The van der Waals surface area contributed by atoms with E-state index in [0.29, 0.717) is 35.8 Å². The van der Waals surface area contributed by atoms with Crippen LogP contribution in [0.2, 0.25) is 0 Å². The zero-order chi connectivity index (χ0) is 26.0. The quantitative estimate of drug-likeness (QED) is 0.316. The van der Waals surface area contributed by atoms with Gasteiger partial charge in [0.05, 0.1) is 12.1 Å². The summed E-state index contributed by atoms with van der Waals surface area (Å²) in [5.41, 5.74) is -1.46. The van der Waals surface area contributed by atoms with Crippen molar-refractivity contribution < 1.29 is 29.1 Å². The van der Waals surface area contributed by atoms with Crippen molar-refractivity contribution in [2.24, 2.45) is 4.99 Å². The van der Waals surface area contributed by atoms with Crippen molar-refractivity contribution >= 4 is 35.5 Å². The minimum atomic E-state index is -0.769. The molecule has 0 radical (unpaired) electrons. The van der Waals surface area contributed by atoms with E-state index in [0.717, 1.165) is 5.06 Å². The predicted octanol–water partition coefficient (Wildman–Crippen LogP) is 2.82. The Bertz CT molecular complexity index is 952. The van der Waals surface area contributed by atoms with Gasteiger partial charge in [0.15, 0.2) is 0 Å². The van der Waals surface area contributed by atoms with Crippen molar-refractivity contribution in [3.8, 4) is 0 Å². The molecular weight excluding hydrogens is 478 g/mol. The highest BCUT2D eigenvalue weighted by molar-refractivity contribution is 7.11. The van der Waals surface area contributed by atoms with Gasteiger partial charge in [0, 0.05) is 19.5 Å². The van der Waals surface area contributed by atoms with Crippen molar-refractivity contribution in [1.29, 1.82) is 0 Å². The molecule has 0 saturated carbocycles. The summed E-state index contributed by atoms with van der Waals surface area (Å²) in [6.07, 6.45) is 0.245. The third-order valence-electron chi connectivity index (χ3n) is 4.95. The summed E-state index contributed by atoms with van der Waals surface area (Å²) in [5.74, 6) is -0.109. The second-order valence-corrected chi connectivity index (χ2v) is 11.4. The SMILES string of the molecule is CC(C)(C)OC(=O)NC(=NCCc1nnc([C@@H]2CC[C@@H]3CN2C(=O)N3O)s1)NC(=O)OC(C)(C)C. The fourth-order valence-corrected chi connectivity index (χ4v) is 4.56. The molecule has 2 saturated heterocycles. The summed E-state index contributed by atoms with van der Waals surface area (Å²) in [4.78, 5) is 42.5. The molecule has 35 heavy (non-hydrogen) atoms. The summed E-state index contributed by atoms with van der Waals surface area (Å²) >= 11 is 1.37. The van der Waals surface area contributed by atoms with Gasteiger partial charge in [-0.05, 0) is 54.4 Å². The normalized spacial score (nSPS) is 19.9. The maximum absolute atomic E-state index is 12.2. The first-order chi connectivity index (χ1) is 16.2. The predicted molar refractivity (Wildman–Crippen MR) is 126 cm³/mol. The Morgan fingerprint density at radius 3 is 2.26 bits per heavy atom. The van der Waals surface area contributed by atoms with E-state index in [1.54, 1.807) is 46.4 Å². The molecule has 1 aromatic heterocycles. The van der Waals surface area contributed by atoms with Crippen LogP contribution in [-0.2, 0) is 15.9 Å². The molecule has 0 unspecified atom stereocenters. The van der Waals surface area contributed by atoms with Crippen LogP contribution in [0.25, 0.3) is 0 Å². The summed E-state index contributed by atoms with van der Waals surface area (Å²) in [5, 5.41) is 25.4. The molecule has 13 nitrogen and oxygen atoms in total. The zero-order valence-corrected chi connectivity index (χ0v) is 21.6. The number of hydrogen-bond acceptors (Lipinski definition) is 10. The fraction of sp³-hybridized carbons (Fsp3) is 0.714. The number of aliphatic imine (C=N–C) groups is 1. The van der Waals surface area contributed by atoms with E-state index in [9.17, 15) is 19.6 Å². The average Bonchev–Trinajstić information content (AvgIpc) is 3.25. The van der Waals surface area contributed by atoms with Gasteiger partial charge in [-0.15, -0.1) is 10.2 Å². The number of carbonyl (C=O) groups is 3. The highest BCUT2D eigenvalue weighted by atomic mass is 32.1. The zero-order valence-electron chi connectivity index (χ0n) is 20.8. The number of fused-ring (bicyclic) bond motifs is 2. The standard InChI is InChI=1S/C21H33N7O6S/c1-20(2,3)33-17(29)23-16(24-18(30)34-21(4,5)6)22-10-9-14-25-26-15(35-14)13-8-7-12-11-27(13)19(31)28(12)32/h12-13,32H,7-11H2,1-6H3,(H2,22,23,24,29,30)/t12-,13+/m1/s1. The molecule has 1 aromatic rings. The summed E-state index contributed by atoms with van der Waals surface area (Å²) in [6.45, 7) is 11.0. The van der Waals surface area contributed by atoms with E-state index in [4.69, 9.17) is 9.47 Å². The molecule has 2 fully saturated rings. The molecule has 14 heteroatoms. The van der Waals surface area contributed by atoms with Gasteiger partial charge in [-0.3, -0.25) is 20.8 Å². The molecule has 4 amide bonds. The number of urea groups is 1. The number of piperidine rings is 1. The molecule has 194 valence electrons. The Balaban J connectivity index is 1.63. The number of rotatable bonds is 4. The van der Waals surface area contributed by atoms with Gasteiger partial charge in [0.1, 0.15) is 21.2 Å². The van der Waals surface area contributed by atoms with Crippen LogP contribution < -0.4 is 10.6 Å². The van der Waals surface area contributed by atoms with Gasteiger partial charge < -0.3 is 14.4 Å². The molecule has 2 aliphatic rings. The molecule has 2 aliphatic heterocycles. The van der Waals surface area contributed by atoms with Gasteiger partial charge in [0.2, 0.25) is 5.96 Å². The first-order valence-electron chi connectivity index (χ1n) is 11.4. The highest BCUT2D eigenvalue weighted by Gasteiger charge is 2.45. The van der Waals surface area contributed by atoms with E-state index >= 15 is 0 Å². The smallest absolute Gasteiger partial charge is 0.414 e. The minimum absolute atomic E-state index is 0.109. The fourth-order valence-electron chi connectivity index (χ4n) is 3.58. The lowest BCUT2D eigenvalue weighted by Crippen LogP contribution is -2.47. The second kappa shape index (κ2) is 10.3. The number of carbonyl (C=O) groups excluding carboxylic acids is 3. The van der Waals surface area contributed by atoms with Crippen LogP contribution in [-0.4, -0.2) is 79.9 Å². The van der Waals surface area contributed by atoms with Crippen molar-refractivity contribution in [2.75, 3.05) is 13.1 Å². The molecule has 0 spiro atoms. The van der Waals surface area contributed by atoms with E-state index < -0.39 is 29.4 Å². The van der Waals surface area contributed by atoms with Crippen molar-refractivity contribution in [1.82, 2.24) is 30.8 Å². The number of amides is 4. The number of hydroxylamine groups is 2. The van der Waals surface area contributed by atoms with E-state index in [-0.39, 0.29) is 24.6 Å². The molecule has 0 aromatic carbocycles. The monoisotopic (exact) mass is 511 g/mol. The first kappa shape index (κ1) is 26.6. The molecular formula is C21H33N7O6S. The van der Waals surface area contributed by atoms with Crippen LogP contribution in [0.1, 0.15) is 70.4 Å². The highest BCUT2D eigenvalue weighted by Crippen LogP contribution is 2.38. The molecule has 3 N–H and O–H groups in total. The summed E-state index contributed by atoms with van der Waals surface area (Å²) in [7, 11) is 0. The minimum Gasteiger partial charge on any atom is -0.444 e. The molecule has 3 rings (SSSR count). The number of nitrogens with zero attached hydrogens (tertiary/aromatic N) is 5. The largest absolute Gasteiger partial charge is 0.444 e. The number of hydrogen-bond donors (Lipinski definition) is 3. The number of nitrogens with one attached hydrogen (secondary N) is 2. The average molecular weight is 512 g/mol. The van der Waals surface area contributed by atoms with Crippen molar-refractivity contribution in [3.05, 3.63) is 10.0 Å². The Labute approximate surface area is 207 Å². The van der Waals surface area contributed by atoms with Crippen LogP contribution >= 0.6 is 11.3 Å². The molecule has 2 bridgehead atoms. The second-order valence-electron chi connectivity index (χ2n) is 10.3. The third-order valence-corrected chi connectivity index (χ3v) is 6.03. The maximum atomic E-state index is 12.2. The Morgan fingerprint density at radius 2 is 1.69 bits per heavy atom. The van der Waals surface area contributed by atoms with Gasteiger partial charge in [0.25, 0.3) is 0 Å². The number of ether oxygens (including phenoxy) is 2. The first-order valence-corrected chi connectivity index (χ1v) is 12.2. The van der Waals surface area contributed by atoms with Crippen molar-refractivity contribution in [2.45, 2.75) is 84.1 Å². The van der Waals surface area contributed by atoms with Gasteiger partial charge in [-0.2, -0.15) is 0 Å².